The number of anilines is 1. The molecule has 0 unspecified atom stereocenters. The fourth-order valence-electron chi connectivity index (χ4n) is 1.95. The number of nitrogens with one attached hydrogen (secondary N) is 1. The van der Waals surface area contributed by atoms with E-state index in [2.05, 4.69) is 12.2 Å². The molecule has 0 atom stereocenters. The van der Waals surface area contributed by atoms with Gasteiger partial charge in [-0.25, -0.2) is 0 Å². The van der Waals surface area contributed by atoms with Gasteiger partial charge >= 0.3 is 0 Å². The van der Waals surface area contributed by atoms with E-state index in [9.17, 15) is 4.79 Å². The summed E-state index contributed by atoms with van der Waals surface area (Å²) < 4.78 is 5.48. The summed E-state index contributed by atoms with van der Waals surface area (Å²) in [6, 6.07) is 14.8. The summed E-state index contributed by atoms with van der Waals surface area (Å²) in [4.78, 5) is 11.8. The lowest BCUT2D eigenvalue weighted by Crippen LogP contribution is -2.20. The molecule has 4 heteroatoms. The van der Waals surface area contributed by atoms with Crippen LogP contribution in [-0.4, -0.2) is 17.6 Å². The molecule has 2 N–H and O–H groups in total. The molecule has 4 nitrogen and oxygen atoms in total. The Labute approximate surface area is 124 Å². The van der Waals surface area contributed by atoms with E-state index in [1.54, 1.807) is 24.3 Å². The third-order valence-corrected chi connectivity index (χ3v) is 3.07. The molecule has 2 aromatic rings. The number of carbonyl (C=O) groups is 1. The van der Waals surface area contributed by atoms with Crippen molar-refractivity contribution in [3.05, 3.63) is 59.7 Å². The molecule has 110 valence electrons. The summed E-state index contributed by atoms with van der Waals surface area (Å²) in [5.41, 5.74) is 2.57. The first-order valence-corrected chi connectivity index (χ1v) is 6.92. The van der Waals surface area contributed by atoms with Crippen LogP contribution in [-0.2, 0) is 17.8 Å². The SMILES string of the molecule is CCc1cccc(OCC(=O)Nc2cccc(CO)c2)c1. The molecule has 0 saturated heterocycles. The third-order valence-electron chi connectivity index (χ3n) is 3.07. The molecule has 0 aromatic heterocycles. The molecule has 2 aromatic carbocycles. The smallest absolute Gasteiger partial charge is 0.262 e. The van der Waals surface area contributed by atoms with Crippen molar-refractivity contribution >= 4 is 11.6 Å². The number of aliphatic hydroxyl groups excluding tert-OH is 1. The summed E-state index contributed by atoms with van der Waals surface area (Å²) in [5.74, 6) is 0.459. The third kappa shape index (κ3) is 4.61. The maximum absolute atomic E-state index is 11.8. The van der Waals surface area contributed by atoms with Crippen LogP contribution in [0, 0.1) is 0 Å². The summed E-state index contributed by atoms with van der Waals surface area (Å²) in [7, 11) is 0. The summed E-state index contributed by atoms with van der Waals surface area (Å²) in [5, 5.41) is 11.8. The second-order valence-corrected chi connectivity index (χ2v) is 4.70. The normalized spacial score (nSPS) is 10.2. The van der Waals surface area contributed by atoms with Gasteiger partial charge in [-0.3, -0.25) is 4.79 Å². The number of hydrogen-bond acceptors (Lipinski definition) is 3. The molecular formula is C17H19NO3. The van der Waals surface area contributed by atoms with Gasteiger partial charge in [0, 0.05) is 5.69 Å². The first-order valence-electron chi connectivity index (χ1n) is 6.92. The van der Waals surface area contributed by atoms with Gasteiger partial charge in [-0.15, -0.1) is 0 Å². The van der Waals surface area contributed by atoms with E-state index < -0.39 is 0 Å². The minimum Gasteiger partial charge on any atom is -0.484 e. The van der Waals surface area contributed by atoms with Gasteiger partial charge in [0.1, 0.15) is 5.75 Å². The predicted octanol–water partition coefficient (Wildman–Crippen LogP) is 2.76. The quantitative estimate of drug-likeness (QED) is 0.858. The van der Waals surface area contributed by atoms with Crippen LogP contribution >= 0.6 is 0 Å². The van der Waals surface area contributed by atoms with E-state index in [0.717, 1.165) is 12.0 Å². The van der Waals surface area contributed by atoms with Crippen LogP contribution in [0.3, 0.4) is 0 Å². The van der Waals surface area contributed by atoms with Crippen LogP contribution in [0.5, 0.6) is 5.75 Å². The number of aliphatic hydroxyl groups is 1. The molecule has 21 heavy (non-hydrogen) atoms. The molecule has 0 aliphatic rings. The first-order chi connectivity index (χ1) is 10.2. The number of aryl methyl sites for hydroxylation is 1. The second-order valence-electron chi connectivity index (χ2n) is 4.70. The van der Waals surface area contributed by atoms with Gasteiger partial charge in [0.2, 0.25) is 0 Å². The fourth-order valence-corrected chi connectivity index (χ4v) is 1.95. The molecule has 0 fully saturated rings. The van der Waals surface area contributed by atoms with Gasteiger partial charge in [-0.05, 0) is 41.8 Å². The van der Waals surface area contributed by atoms with Gasteiger partial charge in [-0.1, -0.05) is 31.2 Å². The van der Waals surface area contributed by atoms with E-state index in [4.69, 9.17) is 9.84 Å². The van der Waals surface area contributed by atoms with Crippen molar-refractivity contribution < 1.29 is 14.6 Å². The molecule has 0 aliphatic carbocycles. The Morgan fingerprint density at radius 2 is 1.90 bits per heavy atom. The van der Waals surface area contributed by atoms with Crippen molar-refractivity contribution in [1.29, 1.82) is 0 Å². The monoisotopic (exact) mass is 285 g/mol. The maximum Gasteiger partial charge on any atom is 0.262 e. The van der Waals surface area contributed by atoms with Gasteiger partial charge in [0.05, 0.1) is 6.61 Å². The number of amides is 1. The van der Waals surface area contributed by atoms with Gasteiger partial charge < -0.3 is 15.2 Å². The Kier molecular flexibility index (Phi) is 5.35. The minimum atomic E-state index is -0.230. The average molecular weight is 285 g/mol. The summed E-state index contributed by atoms with van der Waals surface area (Å²) in [6.45, 7) is 1.97. The minimum absolute atomic E-state index is 0.0451. The molecule has 0 aliphatic heterocycles. The Hall–Kier alpha value is -2.33. The fraction of sp³-hybridized carbons (Fsp3) is 0.235. The van der Waals surface area contributed by atoms with Gasteiger partial charge in [-0.2, -0.15) is 0 Å². The Bertz CT molecular complexity index is 610. The molecule has 2 rings (SSSR count). The first kappa shape index (κ1) is 15.1. The molecule has 0 spiro atoms. The van der Waals surface area contributed by atoms with Crippen molar-refractivity contribution in [2.45, 2.75) is 20.0 Å². The molecule has 1 amide bonds. The zero-order valence-electron chi connectivity index (χ0n) is 12.0. The highest BCUT2D eigenvalue weighted by Gasteiger charge is 2.04. The van der Waals surface area contributed by atoms with Crippen molar-refractivity contribution in [2.24, 2.45) is 0 Å². The zero-order chi connectivity index (χ0) is 15.1. The van der Waals surface area contributed by atoms with E-state index in [1.807, 2.05) is 24.3 Å². The summed E-state index contributed by atoms with van der Waals surface area (Å²) in [6.07, 6.45) is 0.928. The number of ether oxygens (including phenoxy) is 1. The Morgan fingerprint density at radius 3 is 2.67 bits per heavy atom. The molecule has 0 heterocycles. The topological polar surface area (TPSA) is 58.6 Å². The lowest BCUT2D eigenvalue weighted by Gasteiger charge is -2.09. The van der Waals surface area contributed by atoms with E-state index >= 15 is 0 Å². The van der Waals surface area contributed by atoms with Crippen molar-refractivity contribution in [2.75, 3.05) is 11.9 Å². The highest BCUT2D eigenvalue weighted by molar-refractivity contribution is 5.91. The maximum atomic E-state index is 11.8. The highest BCUT2D eigenvalue weighted by atomic mass is 16.5. The second kappa shape index (κ2) is 7.45. The number of rotatable bonds is 6. The largest absolute Gasteiger partial charge is 0.484 e. The Morgan fingerprint density at radius 1 is 1.14 bits per heavy atom. The summed E-state index contributed by atoms with van der Waals surface area (Å²) >= 11 is 0. The molecular weight excluding hydrogens is 266 g/mol. The van der Waals surface area contributed by atoms with E-state index in [-0.39, 0.29) is 19.1 Å². The van der Waals surface area contributed by atoms with Crippen LogP contribution < -0.4 is 10.1 Å². The predicted molar refractivity (Wildman–Crippen MR) is 82.3 cm³/mol. The standard InChI is InChI=1S/C17H19NO3/c1-2-13-5-4-8-16(10-13)21-12-17(20)18-15-7-3-6-14(9-15)11-19/h3-10,19H,2,11-12H2,1H3,(H,18,20). The number of benzene rings is 2. The molecule has 0 radical (unpaired) electrons. The van der Waals surface area contributed by atoms with Crippen molar-refractivity contribution in [3.8, 4) is 5.75 Å². The lowest BCUT2D eigenvalue weighted by atomic mass is 10.2. The van der Waals surface area contributed by atoms with Gasteiger partial charge in [0.15, 0.2) is 6.61 Å². The molecule has 0 bridgehead atoms. The van der Waals surface area contributed by atoms with E-state index in [1.165, 1.54) is 5.56 Å². The zero-order valence-corrected chi connectivity index (χ0v) is 12.0. The van der Waals surface area contributed by atoms with Gasteiger partial charge in [0.25, 0.3) is 5.91 Å². The van der Waals surface area contributed by atoms with Crippen LogP contribution in [0.2, 0.25) is 0 Å². The van der Waals surface area contributed by atoms with Crippen LogP contribution in [0.1, 0.15) is 18.1 Å². The highest BCUT2D eigenvalue weighted by Crippen LogP contribution is 2.14. The van der Waals surface area contributed by atoms with Crippen molar-refractivity contribution in [1.82, 2.24) is 0 Å². The van der Waals surface area contributed by atoms with Crippen molar-refractivity contribution in [3.63, 3.8) is 0 Å². The van der Waals surface area contributed by atoms with Crippen LogP contribution in [0.15, 0.2) is 48.5 Å². The average Bonchev–Trinajstić information content (AvgIpc) is 2.53. The Balaban J connectivity index is 1.89. The van der Waals surface area contributed by atoms with E-state index in [0.29, 0.717) is 11.4 Å². The van der Waals surface area contributed by atoms with Crippen LogP contribution in [0.4, 0.5) is 5.69 Å². The van der Waals surface area contributed by atoms with Crippen LogP contribution in [0.25, 0.3) is 0 Å². The number of carbonyl (C=O) groups excluding carboxylic acids is 1. The lowest BCUT2D eigenvalue weighted by molar-refractivity contribution is -0.118. The number of hydrogen-bond donors (Lipinski definition) is 2. The molecule has 0 saturated carbocycles.